The number of fused-ring (bicyclic) bond motifs is 1. The van der Waals surface area contributed by atoms with E-state index in [0.717, 1.165) is 42.4 Å². The van der Waals surface area contributed by atoms with Gasteiger partial charge in [0.2, 0.25) is 5.91 Å². The van der Waals surface area contributed by atoms with E-state index in [9.17, 15) is 4.79 Å². The Kier molecular flexibility index (Phi) is 5.86. The molecule has 1 N–H and O–H groups in total. The first-order valence-corrected chi connectivity index (χ1v) is 9.63. The molecule has 1 aliphatic rings. The average molecular weight is 381 g/mol. The van der Waals surface area contributed by atoms with Crippen LogP contribution in [0.1, 0.15) is 30.7 Å². The Labute approximate surface area is 156 Å². The second kappa shape index (κ2) is 8.10. The molecule has 6 nitrogen and oxygen atoms in total. The largest absolute Gasteiger partial charge is 0.495 e. The maximum atomic E-state index is 12.3. The Morgan fingerprint density at radius 2 is 2.20 bits per heavy atom. The number of benzene rings is 1. The maximum absolute atomic E-state index is 12.3. The lowest BCUT2D eigenvalue weighted by Crippen LogP contribution is -2.15. The normalized spacial score (nSPS) is 13.9. The van der Waals surface area contributed by atoms with Crippen LogP contribution in [-0.4, -0.2) is 33.5 Å². The number of aryl methyl sites for hydroxylation is 2. The number of nitrogens with zero attached hydrogens (tertiary/aromatic N) is 3. The van der Waals surface area contributed by atoms with Crippen LogP contribution < -0.4 is 10.1 Å². The van der Waals surface area contributed by atoms with E-state index in [1.54, 1.807) is 13.2 Å². The highest BCUT2D eigenvalue weighted by atomic mass is 35.5. The van der Waals surface area contributed by atoms with E-state index in [-0.39, 0.29) is 11.7 Å². The molecule has 0 saturated carbocycles. The fourth-order valence-corrected chi connectivity index (χ4v) is 3.75. The Morgan fingerprint density at radius 3 is 3.00 bits per heavy atom. The molecule has 0 saturated heterocycles. The topological polar surface area (TPSA) is 69.0 Å². The first-order valence-electron chi connectivity index (χ1n) is 8.27. The van der Waals surface area contributed by atoms with Gasteiger partial charge in [-0.05, 0) is 31.4 Å². The number of amides is 1. The fourth-order valence-electron chi connectivity index (χ4n) is 2.81. The van der Waals surface area contributed by atoms with Crippen molar-refractivity contribution in [1.29, 1.82) is 0 Å². The number of aromatic nitrogens is 3. The molecule has 0 unspecified atom stereocenters. The summed E-state index contributed by atoms with van der Waals surface area (Å²) < 4.78 is 7.43. The third kappa shape index (κ3) is 4.27. The van der Waals surface area contributed by atoms with Gasteiger partial charge in [0.25, 0.3) is 0 Å². The van der Waals surface area contributed by atoms with Crippen LogP contribution in [0.5, 0.6) is 5.75 Å². The first kappa shape index (κ1) is 18.1. The van der Waals surface area contributed by atoms with Gasteiger partial charge < -0.3 is 14.6 Å². The van der Waals surface area contributed by atoms with Gasteiger partial charge >= 0.3 is 0 Å². The summed E-state index contributed by atoms with van der Waals surface area (Å²) in [5.74, 6) is 1.72. The number of halogens is 1. The molecule has 0 bridgehead atoms. The number of thioether (sulfide) groups is 1. The quantitative estimate of drug-likeness (QED) is 0.801. The zero-order valence-electron chi connectivity index (χ0n) is 14.3. The van der Waals surface area contributed by atoms with Gasteiger partial charge in [0, 0.05) is 24.1 Å². The van der Waals surface area contributed by atoms with Crippen molar-refractivity contribution in [2.45, 2.75) is 44.3 Å². The first-order chi connectivity index (χ1) is 12.1. The second-order valence-electron chi connectivity index (χ2n) is 6.00. The van der Waals surface area contributed by atoms with E-state index in [2.05, 4.69) is 20.1 Å². The van der Waals surface area contributed by atoms with Crippen LogP contribution in [0.2, 0.25) is 5.02 Å². The van der Waals surface area contributed by atoms with Crippen LogP contribution in [0, 0.1) is 6.92 Å². The number of anilines is 1. The van der Waals surface area contributed by atoms with Gasteiger partial charge in [-0.2, -0.15) is 0 Å². The monoisotopic (exact) mass is 380 g/mol. The highest BCUT2D eigenvalue weighted by Gasteiger charge is 2.17. The molecular formula is C17H21ClN4O2S. The summed E-state index contributed by atoms with van der Waals surface area (Å²) in [6, 6.07) is 3.52. The maximum Gasteiger partial charge on any atom is 0.234 e. The molecule has 25 heavy (non-hydrogen) atoms. The smallest absolute Gasteiger partial charge is 0.234 e. The lowest BCUT2D eigenvalue weighted by molar-refractivity contribution is -0.113. The van der Waals surface area contributed by atoms with Gasteiger partial charge in [-0.3, -0.25) is 4.79 Å². The van der Waals surface area contributed by atoms with Crippen LogP contribution >= 0.6 is 23.4 Å². The van der Waals surface area contributed by atoms with Crippen molar-refractivity contribution in [3.63, 3.8) is 0 Å². The van der Waals surface area contributed by atoms with Crippen LogP contribution in [0.3, 0.4) is 0 Å². The predicted molar refractivity (Wildman–Crippen MR) is 99.7 cm³/mol. The number of nitrogens with one attached hydrogen (secondary N) is 1. The van der Waals surface area contributed by atoms with Crippen molar-refractivity contribution in [3.8, 4) is 5.75 Å². The summed E-state index contributed by atoms with van der Waals surface area (Å²) in [7, 11) is 1.55. The predicted octanol–water partition coefficient (Wildman–Crippen LogP) is 3.71. The van der Waals surface area contributed by atoms with Crippen molar-refractivity contribution in [3.05, 3.63) is 28.5 Å². The second-order valence-corrected chi connectivity index (χ2v) is 7.35. The number of carbonyl (C=O) groups excluding carboxylic acids is 1. The molecule has 1 aromatic carbocycles. The van der Waals surface area contributed by atoms with Crippen LogP contribution in [0.4, 0.5) is 5.69 Å². The average Bonchev–Trinajstić information content (AvgIpc) is 2.82. The Morgan fingerprint density at radius 1 is 1.36 bits per heavy atom. The zero-order valence-corrected chi connectivity index (χ0v) is 15.9. The minimum Gasteiger partial charge on any atom is -0.495 e. The van der Waals surface area contributed by atoms with Gasteiger partial charge in [-0.25, -0.2) is 0 Å². The molecule has 0 atom stereocenters. The number of ether oxygens (including phenoxy) is 1. The molecule has 2 heterocycles. The van der Waals surface area contributed by atoms with E-state index in [1.165, 1.54) is 18.2 Å². The minimum atomic E-state index is -0.115. The molecule has 0 radical (unpaired) electrons. The van der Waals surface area contributed by atoms with E-state index in [1.807, 2.05) is 13.0 Å². The highest BCUT2D eigenvalue weighted by Crippen LogP contribution is 2.31. The standard InChI is InChI=1S/C17H21ClN4O2S/c1-11-8-13(14(24-2)9-12(11)18)19-16(23)10-25-17-21-20-15-6-4-3-5-7-22(15)17/h8-9H,3-7,10H2,1-2H3,(H,19,23). The molecular weight excluding hydrogens is 360 g/mol. The lowest BCUT2D eigenvalue weighted by atomic mass is 10.2. The fraction of sp³-hybridized carbons (Fsp3) is 0.471. The number of methoxy groups -OCH3 is 1. The van der Waals surface area contributed by atoms with E-state index < -0.39 is 0 Å². The summed E-state index contributed by atoms with van der Waals surface area (Å²) >= 11 is 7.51. The van der Waals surface area contributed by atoms with Crippen LogP contribution in [-0.2, 0) is 17.8 Å². The summed E-state index contributed by atoms with van der Waals surface area (Å²) in [5.41, 5.74) is 1.50. The van der Waals surface area contributed by atoms with Crippen LogP contribution in [0.25, 0.3) is 0 Å². The van der Waals surface area contributed by atoms with Crippen molar-refractivity contribution >= 4 is 35.0 Å². The van der Waals surface area contributed by atoms with Crippen molar-refractivity contribution in [2.24, 2.45) is 0 Å². The summed E-state index contributed by atoms with van der Waals surface area (Å²) in [6.45, 7) is 2.81. The zero-order chi connectivity index (χ0) is 17.8. The number of carbonyl (C=O) groups is 1. The highest BCUT2D eigenvalue weighted by molar-refractivity contribution is 7.99. The van der Waals surface area contributed by atoms with Crippen molar-refractivity contribution in [1.82, 2.24) is 14.8 Å². The molecule has 1 amide bonds. The van der Waals surface area contributed by atoms with Gasteiger partial charge in [0.05, 0.1) is 18.6 Å². The van der Waals surface area contributed by atoms with Crippen LogP contribution in [0.15, 0.2) is 17.3 Å². The molecule has 3 rings (SSSR count). The Bertz CT molecular complexity index is 778. The molecule has 1 aromatic heterocycles. The molecule has 134 valence electrons. The lowest BCUT2D eigenvalue weighted by Gasteiger charge is -2.12. The molecule has 1 aliphatic heterocycles. The minimum absolute atomic E-state index is 0.115. The number of hydrogen-bond acceptors (Lipinski definition) is 5. The number of rotatable bonds is 5. The summed E-state index contributed by atoms with van der Waals surface area (Å²) in [5, 5.41) is 12.8. The Balaban J connectivity index is 1.64. The van der Waals surface area contributed by atoms with Crippen molar-refractivity contribution in [2.75, 3.05) is 18.2 Å². The molecule has 0 fully saturated rings. The summed E-state index contributed by atoms with van der Waals surface area (Å²) in [6.07, 6.45) is 4.45. The van der Waals surface area contributed by atoms with E-state index in [4.69, 9.17) is 16.3 Å². The van der Waals surface area contributed by atoms with Gasteiger partial charge in [0.1, 0.15) is 11.6 Å². The molecule has 2 aromatic rings. The summed E-state index contributed by atoms with van der Waals surface area (Å²) in [4.78, 5) is 12.3. The Hall–Kier alpha value is -1.73. The number of hydrogen-bond donors (Lipinski definition) is 1. The van der Waals surface area contributed by atoms with E-state index >= 15 is 0 Å². The third-order valence-corrected chi connectivity index (χ3v) is 5.54. The van der Waals surface area contributed by atoms with E-state index in [0.29, 0.717) is 16.5 Å². The molecule has 8 heteroatoms. The molecule has 0 spiro atoms. The van der Waals surface area contributed by atoms with Gasteiger partial charge in [-0.1, -0.05) is 29.8 Å². The van der Waals surface area contributed by atoms with Gasteiger partial charge in [0.15, 0.2) is 5.16 Å². The van der Waals surface area contributed by atoms with Crippen molar-refractivity contribution < 1.29 is 9.53 Å². The SMILES string of the molecule is COc1cc(Cl)c(C)cc1NC(=O)CSc1nnc2n1CCCCC2. The third-order valence-electron chi connectivity index (χ3n) is 4.16. The molecule has 0 aliphatic carbocycles. The van der Waals surface area contributed by atoms with Gasteiger partial charge in [-0.15, -0.1) is 10.2 Å².